The molecule has 0 radical (unpaired) electrons. The normalized spacial score (nSPS) is 19.6. The molecule has 1 aromatic carbocycles. The van der Waals surface area contributed by atoms with Crippen molar-refractivity contribution in [3.8, 4) is 5.75 Å². The van der Waals surface area contributed by atoms with Crippen molar-refractivity contribution in [2.24, 2.45) is 0 Å². The fraction of sp³-hybridized carbons (Fsp3) is 0.654. The Balaban J connectivity index is 2.14. The summed E-state index contributed by atoms with van der Waals surface area (Å²) in [6.07, 6.45) is 0.622. The van der Waals surface area contributed by atoms with E-state index in [9.17, 15) is 9.90 Å². The van der Waals surface area contributed by atoms with E-state index in [1.807, 2.05) is 51.1 Å². The molecule has 2 rings (SSSR count). The zero-order valence-corrected chi connectivity index (χ0v) is 23.3. The topological polar surface area (TPSA) is 77.5 Å². The van der Waals surface area contributed by atoms with Crippen molar-refractivity contribution >= 4 is 14.4 Å². The van der Waals surface area contributed by atoms with Gasteiger partial charge in [0, 0.05) is 0 Å². The molecular weight excluding hydrogens is 450 g/mol. The number of nitrogens with zero attached hydrogens (tertiary/aromatic N) is 1. The van der Waals surface area contributed by atoms with E-state index in [0.29, 0.717) is 13.2 Å². The summed E-state index contributed by atoms with van der Waals surface area (Å²) in [5.41, 5.74) is 1.13. The largest absolute Gasteiger partial charge is 0.497 e. The lowest BCUT2D eigenvalue weighted by atomic mass is 10.0. The summed E-state index contributed by atoms with van der Waals surface area (Å²) >= 11 is 0. The molecule has 0 spiro atoms. The lowest BCUT2D eigenvalue weighted by Gasteiger charge is -2.41. The minimum absolute atomic E-state index is 0.0476. The highest BCUT2D eigenvalue weighted by molar-refractivity contribution is 6.74. The third kappa shape index (κ3) is 8.11. The number of carbonyl (C=O) groups excluding carboxylic acids is 1. The standard InChI is InChI=1S/C26H43NO6Si/c1-25(2,3)33-24(29)27-15-23(28)20(14-21(27)18-32-34(8,9)26(4,5)6)17-31-16-19-10-12-22(30-7)13-11-19/h10-14,21,23,28H,15-18H2,1-9H3/t21-,23?/m0/s1. The Labute approximate surface area is 206 Å². The van der Waals surface area contributed by atoms with Gasteiger partial charge in [-0.2, -0.15) is 0 Å². The van der Waals surface area contributed by atoms with E-state index in [-0.39, 0.29) is 24.2 Å². The minimum Gasteiger partial charge on any atom is -0.497 e. The number of ether oxygens (including phenoxy) is 3. The van der Waals surface area contributed by atoms with Crippen molar-refractivity contribution in [2.45, 2.75) is 84.0 Å². The molecule has 1 aliphatic heterocycles. The third-order valence-electron chi connectivity index (χ3n) is 6.35. The molecule has 0 fully saturated rings. The number of benzene rings is 1. The number of hydrogen-bond donors (Lipinski definition) is 1. The highest BCUT2D eigenvalue weighted by atomic mass is 28.4. The van der Waals surface area contributed by atoms with Crippen molar-refractivity contribution in [3.63, 3.8) is 0 Å². The maximum absolute atomic E-state index is 12.9. The lowest BCUT2D eigenvalue weighted by Crippen LogP contribution is -2.53. The third-order valence-corrected chi connectivity index (χ3v) is 10.9. The van der Waals surface area contributed by atoms with Gasteiger partial charge in [-0.05, 0) is 62.2 Å². The van der Waals surface area contributed by atoms with Crippen LogP contribution in [0, 0.1) is 0 Å². The quantitative estimate of drug-likeness (QED) is 0.399. The van der Waals surface area contributed by atoms with Crippen molar-refractivity contribution in [1.29, 1.82) is 0 Å². The van der Waals surface area contributed by atoms with Crippen molar-refractivity contribution in [2.75, 3.05) is 26.9 Å². The first-order valence-electron chi connectivity index (χ1n) is 11.9. The van der Waals surface area contributed by atoms with Gasteiger partial charge in [0.1, 0.15) is 11.4 Å². The first-order valence-corrected chi connectivity index (χ1v) is 14.8. The highest BCUT2D eigenvalue weighted by Gasteiger charge is 2.40. The zero-order valence-electron chi connectivity index (χ0n) is 22.3. The Kier molecular flexibility index (Phi) is 9.38. The number of hydrogen-bond acceptors (Lipinski definition) is 6. The van der Waals surface area contributed by atoms with Gasteiger partial charge in [0.25, 0.3) is 0 Å². The number of methoxy groups -OCH3 is 1. The summed E-state index contributed by atoms with van der Waals surface area (Å²) in [6.45, 7) is 17.6. The first-order chi connectivity index (χ1) is 15.6. The number of aliphatic hydroxyl groups is 1. The Bertz CT molecular complexity index is 838. The van der Waals surface area contributed by atoms with Crippen LogP contribution < -0.4 is 4.74 Å². The predicted octanol–water partition coefficient (Wildman–Crippen LogP) is 5.14. The van der Waals surface area contributed by atoms with Gasteiger partial charge in [0.05, 0.1) is 45.6 Å². The summed E-state index contributed by atoms with van der Waals surface area (Å²) in [5, 5.41) is 10.8. The average Bonchev–Trinajstić information content (AvgIpc) is 2.72. The molecular formula is C26H43NO6Si. The molecule has 0 saturated carbocycles. The summed E-state index contributed by atoms with van der Waals surface area (Å²) in [4.78, 5) is 14.5. The van der Waals surface area contributed by atoms with Crippen LogP contribution in [0.3, 0.4) is 0 Å². The van der Waals surface area contributed by atoms with E-state index >= 15 is 0 Å². The monoisotopic (exact) mass is 493 g/mol. The molecule has 1 heterocycles. The van der Waals surface area contributed by atoms with Gasteiger partial charge in [-0.3, -0.25) is 4.90 Å². The van der Waals surface area contributed by atoms with Gasteiger partial charge >= 0.3 is 6.09 Å². The molecule has 0 aliphatic carbocycles. The Morgan fingerprint density at radius 1 is 1.09 bits per heavy atom. The minimum atomic E-state index is -2.03. The molecule has 8 heteroatoms. The number of carbonyl (C=O) groups is 1. The molecule has 1 amide bonds. The second-order valence-electron chi connectivity index (χ2n) is 11.4. The molecule has 34 heavy (non-hydrogen) atoms. The maximum atomic E-state index is 12.9. The smallest absolute Gasteiger partial charge is 0.410 e. The summed E-state index contributed by atoms with van der Waals surface area (Å²) in [7, 11) is -0.395. The van der Waals surface area contributed by atoms with Crippen LogP contribution in [-0.2, 0) is 20.5 Å². The van der Waals surface area contributed by atoms with Gasteiger partial charge in [-0.25, -0.2) is 4.79 Å². The Morgan fingerprint density at radius 3 is 2.24 bits per heavy atom. The summed E-state index contributed by atoms with van der Waals surface area (Å²) in [6, 6.07) is 7.34. The molecule has 1 aliphatic rings. The second kappa shape index (κ2) is 11.2. The van der Waals surface area contributed by atoms with Crippen LogP contribution in [0.2, 0.25) is 18.1 Å². The molecule has 192 valence electrons. The van der Waals surface area contributed by atoms with Crippen molar-refractivity contribution in [3.05, 3.63) is 41.5 Å². The molecule has 1 N–H and O–H groups in total. The van der Waals surface area contributed by atoms with Crippen LogP contribution in [0.4, 0.5) is 4.79 Å². The van der Waals surface area contributed by atoms with Gasteiger partial charge in [0.2, 0.25) is 0 Å². The molecule has 0 saturated heterocycles. The van der Waals surface area contributed by atoms with Crippen molar-refractivity contribution in [1.82, 2.24) is 4.90 Å². The van der Waals surface area contributed by atoms with Gasteiger partial charge in [0.15, 0.2) is 8.32 Å². The van der Waals surface area contributed by atoms with Gasteiger partial charge in [-0.15, -0.1) is 0 Å². The Morgan fingerprint density at radius 2 is 1.71 bits per heavy atom. The van der Waals surface area contributed by atoms with Gasteiger partial charge in [-0.1, -0.05) is 39.0 Å². The summed E-state index contributed by atoms with van der Waals surface area (Å²) in [5.74, 6) is 0.793. The van der Waals surface area contributed by atoms with E-state index in [2.05, 4.69) is 33.9 Å². The number of aliphatic hydroxyl groups excluding tert-OH is 1. The molecule has 7 nitrogen and oxygen atoms in total. The van der Waals surface area contributed by atoms with Crippen LogP contribution in [0.15, 0.2) is 35.9 Å². The lowest BCUT2D eigenvalue weighted by molar-refractivity contribution is 0.0000166. The van der Waals surface area contributed by atoms with Crippen LogP contribution in [-0.4, -0.2) is 69.0 Å². The number of amides is 1. The second-order valence-corrected chi connectivity index (χ2v) is 16.2. The summed E-state index contributed by atoms with van der Waals surface area (Å²) < 4.78 is 23.1. The first kappa shape index (κ1) is 28.4. The molecule has 0 aromatic heterocycles. The van der Waals surface area contributed by atoms with E-state index in [4.69, 9.17) is 18.6 Å². The fourth-order valence-corrected chi connectivity index (χ4v) is 4.24. The van der Waals surface area contributed by atoms with Crippen LogP contribution in [0.5, 0.6) is 5.75 Å². The fourth-order valence-electron chi connectivity index (χ4n) is 3.22. The van der Waals surface area contributed by atoms with E-state index in [0.717, 1.165) is 16.9 Å². The maximum Gasteiger partial charge on any atom is 0.410 e. The molecule has 0 bridgehead atoms. The van der Waals surface area contributed by atoms with Crippen LogP contribution in [0.1, 0.15) is 47.1 Å². The highest BCUT2D eigenvalue weighted by Crippen LogP contribution is 2.37. The molecule has 1 unspecified atom stereocenters. The average molecular weight is 494 g/mol. The number of β-amino-alcohol motifs (C(OH)–C–C–N with tert-alkyl or cyclic N) is 1. The molecule has 1 aromatic rings. The number of rotatable bonds is 8. The predicted molar refractivity (Wildman–Crippen MR) is 137 cm³/mol. The van der Waals surface area contributed by atoms with E-state index in [1.165, 1.54) is 0 Å². The Hall–Kier alpha value is -1.87. The zero-order chi connectivity index (χ0) is 25.7. The van der Waals surface area contributed by atoms with Gasteiger partial charge < -0.3 is 23.7 Å². The van der Waals surface area contributed by atoms with E-state index in [1.54, 1.807) is 12.0 Å². The van der Waals surface area contributed by atoms with E-state index < -0.39 is 26.1 Å². The van der Waals surface area contributed by atoms with Crippen LogP contribution in [0.25, 0.3) is 0 Å². The SMILES string of the molecule is COc1ccc(COCC2=C[C@@H](CO[Si](C)(C)C(C)(C)C)N(C(=O)OC(C)(C)C)CC2O)cc1. The van der Waals surface area contributed by atoms with Crippen molar-refractivity contribution < 1.29 is 28.5 Å². The molecule has 2 atom stereocenters. The van der Waals surface area contributed by atoms with Crippen LogP contribution >= 0.6 is 0 Å².